The van der Waals surface area contributed by atoms with E-state index in [9.17, 15) is 4.79 Å². The summed E-state index contributed by atoms with van der Waals surface area (Å²) in [5, 5.41) is 0. The van der Waals surface area contributed by atoms with Crippen molar-refractivity contribution in [3.63, 3.8) is 0 Å². The van der Waals surface area contributed by atoms with Crippen molar-refractivity contribution < 1.29 is 4.79 Å². The maximum atomic E-state index is 12.4. The van der Waals surface area contributed by atoms with Crippen LogP contribution in [-0.2, 0) is 6.42 Å². The largest absolute Gasteiger partial charge is 0.327 e. The Balaban J connectivity index is 1.95. The minimum Gasteiger partial charge on any atom is -0.327 e. The molecule has 0 aliphatic carbocycles. The lowest BCUT2D eigenvalue weighted by atomic mass is 9.89. The van der Waals surface area contributed by atoms with Gasteiger partial charge >= 0.3 is 0 Å². The molecule has 4 rings (SSSR count). The van der Waals surface area contributed by atoms with Crippen LogP contribution in [0.2, 0.25) is 0 Å². The fourth-order valence-corrected chi connectivity index (χ4v) is 3.39. The molecule has 2 heteroatoms. The van der Waals surface area contributed by atoms with Gasteiger partial charge in [0.1, 0.15) is 0 Å². The predicted molar refractivity (Wildman–Crippen MR) is 74.2 cm³/mol. The smallest absolute Gasteiger partial charge is 0.255 e. The monoisotopic (exact) mass is 249 g/mol. The van der Waals surface area contributed by atoms with Gasteiger partial charge in [0.05, 0.1) is 6.04 Å². The lowest BCUT2D eigenvalue weighted by Gasteiger charge is -2.32. The summed E-state index contributed by atoms with van der Waals surface area (Å²) >= 11 is 0. The van der Waals surface area contributed by atoms with Gasteiger partial charge in [-0.2, -0.15) is 0 Å². The number of rotatable bonds is 0. The second-order valence-electron chi connectivity index (χ2n) is 5.44. The number of carbonyl (C=O) groups is 1. The number of nitrogens with zero attached hydrogens (tertiary/aromatic N) is 1. The van der Waals surface area contributed by atoms with Crippen LogP contribution in [0.25, 0.3) is 0 Å². The highest BCUT2D eigenvalue weighted by atomic mass is 16.2. The van der Waals surface area contributed by atoms with Crippen LogP contribution < -0.4 is 0 Å². The molecule has 1 atom stereocenters. The highest BCUT2D eigenvalue weighted by Gasteiger charge is 2.40. The van der Waals surface area contributed by atoms with E-state index in [4.69, 9.17) is 0 Å². The van der Waals surface area contributed by atoms with Crippen molar-refractivity contribution in [2.24, 2.45) is 0 Å². The van der Waals surface area contributed by atoms with Crippen molar-refractivity contribution in [1.29, 1.82) is 0 Å². The molecule has 0 fully saturated rings. The van der Waals surface area contributed by atoms with E-state index < -0.39 is 0 Å². The molecule has 0 aromatic heterocycles. The van der Waals surface area contributed by atoms with Gasteiger partial charge in [0.2, 0.25) is 0 Å². The zero-order valence-electron chi connectivity index (χ0n) is 10.9. The summed E-state index contributed by atoms with van der Waals surface area (Å²) in [6, 6.07) is 14.7. The summed E-state index contributed by atoms with van der Waals surface area (Å²) in [5.74, 6) is 0.187. The predicted octanol–water partition coefficient (Wildman–Crippen LogP) is 3.10. The second-order valence-corrected chi connectivity index (χ2v) is 5.44. The minimum atomic E-state index is 0.132. The molecule has 94 valence electrons. The summed E-state index contributed by atoms with van der Waals surface area (Å²) in [4.78, 5) is 14.4. The normalized spacial score (nSPS) is 19.9. The lowest BCUT2D eigenvalue weighted by Crippen LogP contribution is -2.35. The third kappa shape index (κ3) is 1.40. The van der Waals surface area contributed by atoms with E-state index in [-0.39, 0.29) is 11.9 Å². The van der Waals surface area contributed by atoms with Gasteiger partial charge in [-0.1, -0.05) is 42.0 Å². The summed E-state index contributed by atoms with van der Waals surface area (Å²) in [6.07, 6.45) is 0.966. The van der Waals surface area contributed by atoms with Crippen molar-refractivity contribution in [3.05, 3.63) is 70.3 Å². The van der Waals surface area contributed by atoms with Gasteiger partial charge < -0.3 is 4.90 Å². The third-order valence-electron chi connectivity index (χ3n) is 4.27. The first-order valence-corrected chi connectivity index (χ1v) is 6.75. The van der Waals surface area contributed by atoms with E-state index in [0.29, 0.717) is 0 Å². The number of aryl methyl sites for hydroxylation is 1. The fourth-order valence-electron chi connectivity index (χ4n) is 3.39. The van der Waals surface area contributed by atoms with Gasteiger partial charge in [0, 0.05) is 12.1 Å². The van der Waals surface area contributed by atoms with Crippen molar-refractivity contribution in [3.8, 4) is 0 Å². The number of hydrogen-bond acceptors (Lipinski definition) is 1. The average Bonchev–Trinajstić information content (AvgIpc) is 2.73. The molecule has 0 spiro atoms. The highest BCUT2D eigenvalue weighted by Crippen LogP contribution is 2.42. The maximum absolute atomic E-state index is 12.4. The van der Waals surface area contributed by atoms with E-state index in [1.807, 2.05) is 23.1 Å². The van der Waals surface area contributed by atoms with E-state index in [1.165, 1.54) is 16.7 Å². The Morgan fingerprint density at radius 2 is 1.95 bits per heavy atom. The number of carbonyl (C=O) groups excluding carboxylic acids is 1. The van der Waals surface area contributed by atoms with Crippen molar-refractivity contribution in [2.45, 2.75) is 19.4 Å². The zero-order valence-corrected chi connectivity index (χ0v) is 10.9. The second kappa shape index (κ2) is 3.70. The molecular formula is C17H15NO. The maximum Gasteiger partial charge on any atom is 0.255 e. The van der Waals surface area contributed by atoms with Gasteiger partial charge in [0.15, 0.2) is 0 Å². The molecule has 1 unspecified atom stereocenters. The molecule has 19 heavy (non-hydrogen) atoms. The van der Waals surface area contributed by atoms with E-state index in [2.05, 4.69) is 31.2 Å². The van der Waals surface area contributed by atoms with Gasteiger partial charge in [-0.05, 0) is 36.1 Å². The molecule has 0 saturated carbocycles. The molecule has 0 saturated heterocycles. The van der Waals surface area contributed by atoms with Crippen LogP contribution in [-0.4, -0.2) is 17.4 Å². The molecule has 2 heterocycles. The SMILES string of the molecule is Cc1ccc2c(c1)CCN1C(=O)c3ccccc3C21. The van der Waals surface area contributed by atoms with Gasteiger partial charge in [-0.3, -0.25) is 4.79 Å². The Labute approximate surface area is 112 Å². The van der Waals surface area contributed by atoms with Crippen LogP contribution in [0.15, 0.2) is 42.5 Å². The van der Waals surface area contributed by atoms with Crippen molar-refractivity contribution >= 4 is 5.91 Å². The Bertz CT molecular complexity index is 689. The third-order valence-corrected chi connectivity index (χ3v) is 4.27. The van der Waals surface area contributed by atoms with Crippen LogP contribution in [0.5, 0.6) is 0 Å². The quantitative estimate of drug-likeness (QED) is 0.702. The molecule has 2 nitrogen and oxygen atoms in total. The van der Waals surface area contributed by atoms with Crippen molar-refractivity contribution in [1.82, 2.24) is 4.90 Å². The molecule has 0 N–H and O–H groups in total. The molecule has 2 aromatic rings. The summed E-state index contributed by atoms with van der Waals surface area (Å²) in [7, 11) is 0. The number of amides is 1. The van der Waals surface area contributed by atoms with E-state index in [1.54, 1.807) is 0 Å². The summed E-state index contributed by atoms with van der Waals surface area (Å²) in [6.45, 7) is 2.95. The average molecular weight is 249 g/mol. The van der Waals surface area contributed by atoms with Crippen LogP contribution in [0.3, 0.4) is 0 Å². The van der Waals surface area contributed by atoms with Crippen molar-refractivity contribution in [2.75, 3.05) is 6.54 Å². The topological polar surface area (TPSA) is 20.3 Å². The number of benzene rings is 2. The fraction of sp³-hybridized carbons (Fsp3) is 0.235. The standard InChI is InChI=1S/C17H15NO/c1-11-6-7-13-12(10-11)8-9-18-16(13)14-4-2-3-5-15(14)17(18)19/h2-7,10,16H,8-9H2,1H3. The van der Waals surface area contributed by atoms with Gasteiger partial charge in [-0.25, -0.2) is 0 Å². The Hall–Kier alpha value is -2.09. The van der Waals surface area contributed by atoms with E-state index >= 15 is 0 Å². The molecular weight excluding hydrogens is 234 g/mol. The van der Waals surface area contributed by atoms with Crippen LogP contribution in [0.4, 0.5) is 0 Å². The molecule has 2 aromatic carbocycles. The van der Waals surface area contributed by atoms with Gasteiger partial charge in [0.25, 0.3) is 5.91 Å². The molecule has 2 aliphatic heterocycles. The first kappa shape index (κ1) is 10.8. The first-order chi connectivity index (χ1) is 9.25. The molecule has 1 amide bonds. The Kier molecular flexibility index (Phi) is 2.10. The van der Waals surface area contributed by atoms with Gasteiger partial charge in [-0.15, -0.1) is 0 Å². The van der Waals surface area contributed by atoms with Crippen LogP contribution >= 0.6 is 0 Å². The summed E-state index contributed by atoms with van der Waals surface area (Å²) in [5.41, 5.74) is 6.03. The first-order valence-electron chi connectivity index (χ1n) is 6.75. The Morgan fingerprint density at radius 3 is 2.84 bits per heavy atom. The minimum absolute atomic E-state index is 0.132. The summed E-state index contributed by atoms with van der Waals surface area (Å²) < 4.78 is 0. The highest BCUT2D eigenvalue weighted by molar-refractivity contribution is 6.00. The van der Waals surface area contributed by atoms with Crippen LogP contribution in [0.1, 0.15) is 38.7 Å². The lowest BCUT2D eigenvalue weighted by molar-refractivity contribution is 0.0740. The number of hydrogen-bond donors (Lipinski definition) is 0. The van der Waals surface area contributed by atoms with Crippen LogP contribution in [0, 0.1) is 6.92 Å². The zero-order chi connectivity index (χ0) is 13.0. The molecule has 0 radical (unpaired) electrons. The Morgan fingerprint density at radius 1 is 1.11 bits per heavy atom. The van der Waals surface area contributed by atoms with E-state index in [0.717, 1.165) is 24.1 Å². The molecule has 2 aliphatic rings. The molecule has 0 bridgehead atoms. The number of fused-ring (bicyclic) bond motifs is 5.